The average Bonchev–Trinajstić information content (AvgIpc) is 2.45. The van der Waals surface area contributed by atoms with Crippen molar-refractivity contribution >= 4 is 15.7 Å². The van der Waals surface area contributed by atoms with Gasteiger partial charge in [0, 0.05) is 6.54 Å². The largest absolute Gasteiger partial charge is 0.316 e. The van der Waals surface area contributed by atoms with Gasteiger partial charge in [-0.05, 0) is 55.8 Å². The van der Waals surface area contributed by atoms with Gasteiger partial charge in [-0.15, -0.1) is 0 Å². The van der Waals surface area contributed by atoms with E-state index in [-0.39, 0.29) is 4.90 Å². The van der Waals surface area contributed by atoms with Crippen LogP contribution < -0.4 is 10.0 Å². The number of anilines is 1. The van der Waals surface area contributed by atoms with E-state index >= 15 is 0 Å². The molecule has 0 unspecified atom stereocenters. The van der Waals surface area contributed by atoms with Crippen molar-refractivity contribution in [1.29, 1.82) is 0 Å². The van der Waals surface area contributed by atoms with Crippen LogP contribution in [0.25, 0.3) is 0 Å². The molecule has 112 valence electrons. The molecule has 0 amide bonds. The minimum atomic E-state index is -3.55. The molecule has 2 rings (SSSR count). The quantitative estimate of drug-likeness (QED) is 0.893. The molecule has 2 N–H and O–H groups in total. The number of rotatable bonds is 5. The summed E-state index contributed by atoms with van der Waals surface area (Å²) in [4.78, 5) is 0.267. The van der Waals surface area contributed by atoms with Gasteiger partial charge in [0.25, 0.3) is 10.0 Å². The van der Waals surface area contributed by atoms with Crippen molar-refractivity contribution in [3.63, 3.8) is 0 Å². The van der Waals surface area contributed by atoms with Crippen LogP contribution >= 0.6 is 0 Å². The Bertz CT molecular complexity index is 722. The summed E-state index contributed by atoms with van der Waals surface area (Å²) >= 11 is 0. The Kier molecular flexibility index (Phi) is 4.65. The number of nitrogens with one attached hydrogen (secondary N) is 2. The second-order valence-corrected chi connectivity index (χ2v) is 6.71. The lowest BCUT2D eigenvalue weighted by Crippen LogP contribution is -2.14. The van der Waals surface area contributed by atoms with E-state index < -0.39 is 10.0 Å². The van der Waals surface area contributed by atoms with Gasteiger partial charge in [0.2, 0.25) is 0 Å². The summed E-state index contributed by atoms with van der Waals surface area (Å²) in [5, 5.41) is 3.03. The summed E-state index contributed by atoms with van der Waals surface area (Å²) in [5.41, 5.74) is 3.66. The number of sulfonamides is 1. The highest BCUT2D eigenvalue weighted by atomic mass is 32.2. The zero-order valence-corrected chi connectivity index (χ0v) is 13.3. The predicted molar refractivity (Wildman–Crippen MR) is 85.9 cm³/mol. The van der Waals surface area contributed by atoms with Gasteiger partial charge in [-0.25, -0.2) is 8.42 Å². The molecular weight excluding hydrogens is 284 g/mol. The van der Waals surface area contributed by atoms with Gasteiger partial charge in [-0.2, -0.15) is 0 Å². The molecule has 21 heavy (non-hydrogen) atoms. The molecule has 0 bridgehead atoms. The zero-order chi connectivity index (χ0) is 15.5. The van der Waals surface area contributed by atoms with Crippen LogP contribution in [0.5, 0.6) is 0 Å². The normalized spacial score (nSPS) is 11.4. The first kappa shape index (κ1) is 15.5. The van der Waals surface area contributed by atoms with Crippen molar-refractivity contribution in [2.45, 2.75) is 25.3 Å². The van der Waals surface area contributed by atoms with Gasteiger partial charge in [0.05, 0.1) is 10.6 Å². The molecule has 5 heteroatoms. The van der Waals surface area contributed by atoms with Crippen LogP contribution in [0.4, 0.5) is 5.69 Å². The number of benzene rings is 2. The van der Waals surface area contributed by atoms with E-state index in [0.717, 1.165) is 16.7 Å². The van der Waals surface area contributed by atoms with Crippen molar-refractivity contribution in [3.05, 3.63) is 59.2 Å². The van der Waals surface area contributed by atoms with Crippen LogP contribution in [0.3, 0.4) is 0 Å². The third-order valence-corrected chi connectivity index (χ3v) is 4.84. The molecule has 2 aromatic rings. The maximum absolute atomic E-state index is 12.4. The summed E-state index contributed by atoms with van der Waals surface area (Å²) in [5.74, 6) is 0. The lowest BCUT2D eigenvalue weighted by atomic mass is 10.1. The third-order valence-electron chi connectivity index (χ3n) is 3.46. The van der Waals surface area contributed by atoms with E-state index in [9.17, 15) is 8.42 Å². The lowest BCUT2D eigenvalue weighted by molar-refractivity contribution is 0.601. The summed E-state index contributed by atoms with van der Waals surface area (Å²) in [7, 11) is -1.70. The molecule has 0 saturated heterocycles. The highest BCUT2D eigenvalue weighted by Crippen LogP contribution is 2.22. The van der Waals surface area contributed by atoms with Crippen LogP contribution in [-0.4, -0.2) is 15.5 Å². The summed E-state index contributed by atoms with van der Waals surface area (Å²) in [6, 6.07) is 12.5. The van der Waals surface area contributed by atoms with E-state index in [4.69, 9.17) is 0 Å². The Morgan fingerprint density at radius 2 is 1.67 bits per heavy atom. The van der Waals surface area contributed by atoms with Gasteiger partial charge in [0.1, 0.15) is 0 Å². The van der Waals surface area contributed by atoms with Gasteiger partial charge in [0.15, 0.2) is 0 Å². The van der Waals surface area contributed by atoms with Crippen LogP contribution in [0, 0.1) is 13.8 Å². The fraction of sp³-hybridized carbons (Fsp3) is 0.250. The SMILES string of the molecule is CNCc1ccc(S(=O)(=O)Nc2cccc(C)c2C)cc1. The Morgan fingerprint density at radius 3 is 2.29 bits per heavy atom. The number of hydrogen-bond donors (Lipinski definition) is 2. The molecule has 0 radical (unpaired) electrons. The Balaban J connectivity index is 2.27. The predicted octanol–water partition coefficient (Wildman–Crippen LogP) is 2.82. The summed E-state index contributed by atoms with van der Waals surface area (Å²) in [6.07, 6.45) is 0. The van der Waals surface area contributed by atoms with Gasteiger partial charge < -0.3 is 5.32 Å². The monoisotopic (exact) mass is 304 g/mol. The minimum Gasteiger partial charge on any atom is -0.316 e. The highest BCUT2D eigenvalue weighted by Gasteiger charge is 2.15. The molecular formula is C16H20N2O2S. The Hall–Kier alpha value is -1.85. The molecule has 2 aromatic carbocycles. The molecule has 0 fully saturated rings. The first-order chi connectivity index (χ1) is 9.94. The van der Waals surface area contributed by atoms with E-state index in [2.05, 4.69) is 10.0 Å². The Labute approximate surface area is 126 Å². The van der Waals surface area contributed by atoms with Gasteiger partial charge >= 0.3 is 0 Å². The Morgan fingerprint density at radius 1 is 1.00 bits per heavy atom. The summed E-state index contributed by atoms with van der Waals surface area (Å²) in [6.45, 7) is 4.58. The minimum absolute atomic E-state index is 0.267. The van der Waals surface area contributed by atoms with E-state index in [1.807, 2.05) is 45.2 Å². The van der Waals surface area contributed by atoms with E-state index in [0.29, 0.717) is 12.2 Å². The van der Waals surface area contributed by atoms with E-state index in [1.54, 1.807) is 18.2 Å². The molecule has 4 nitrogen and oxygen atoms in total. The molecule has 0 spiro atoms. The van der Waals surface area contributed by atoms with Crippen LogP contribution in [0.15, 0.2) is 47.4 Å². The molecule has 0 saturated carbocycles. The van der Waals surface area contributed by atoms with E-state index in [1.165, 1.54) is 0 Å². The molecule has 0 aliphatic carbocycles. The first-order valence-electron chi connectivity index (χ1n) is 6.76. The molecule has 0 aliphatic heterocycles. The third kappa shape index (κ3) is 3.62. The zero-order valence-electron chi connectivity index (χ0n) is 12.5. The van der Waals surface area contributed by atoms with Crippen LogP contribution in [0.1, 0.15) is 16.7 Å². The second kappa shape index (κ2) is 6.28. The van der Waals surface area contributed by atoms with Crippen molar-refractivity contribution < 1.29 is 8.42 Å². The number of hydrogen-bond acceptors (Lipinski definition) is 3. The molecule has 0 aromatic heterocycles. The first-order valence-corrected chi connectivity index (χ1v) is 8.25. The number of aryl methyl sites for hydroxylation is 1. The van der Waals surface area contributed by atoms with Gasteiger partial charge in [-0.3, -0.25) is 4.72 Å². The smallest absolute Gasteiger partial charge is 0.261 e. The van der Waals surface area contributed by atoms with Crippen LogP contribution in [-0.2, 0) is 16.6 Å². The standard InChI is InChI=1S/C16H20N2O2S/c1-12-5-4-6-16(13(12)2)18-21(19,20)15-9-7-14(8-10-15)11-17-3/h4-10,17-18H,11H2,1-3H3. The van der Waals surface area contributed by atoms with Crippen molar-refractivity contribution in [3.8, 4) is 0 Å². The van der Waals surface area contributed by atoms with Crippen molar-refractivity contribution in [1.82, 2.24) is 5.32 Å². The molecule has 0 atom stereocenters. The maximum Gasteiger partial charge on any atom is 0.261 e. The molecule has 0 heterocycles. The fourth-order valence-corrected chi connectivity index (χ4v) is 3.18. The summed E-state index contributed by atoms with van der Waals surface area (Å²) < 4.78 is 27.5. The maximum atomic E-state index is 12.4. The van der Waals surface area contributed by atoms with Crippen LogP contribution in [0.2, 0.25) is 0 Å². The lowest BCUT2D eigenvalue weighted by Gasteiger charge is -2.12. The average molecular weight is 304 g/mol. The topological polar surface area (TPSA) is 58.2 Å². The highest BCUT2D eigenvalue weighted by molar-refractivity contribution is 7.92. The van der Waals surface area contributed by atoms with Crippen molar-refractivity contribution in [2.24, 2.45) is 0 Å². The van der Waals surface area contributed by atoms with Gasteiger partial charge in [-0.1, -0.05) is 24.3 Å². The second-order valence-electron chi connectivity index (χ2n) is 5.03. The fourth-order valence-electron chi connectivity index (χ4n) is 2.06. The van der Waals surface area contributed by atoms with Crippen molar-refractivity contribution in [2.75, 3.05) is 11.8 Å². The molecule has 0 aliphatic rings.